The van der Waals surface area contributed by atoms with Crippen molar-refractivity contribution in [2.45, 2.75) is 12.7 Å². The van der Waals surface area contributed by atoms with E-state index in [1.165, 1.54) is 24.4 Å². The van der Waals surface area contributed by atoms with E-state index in [0.29, 0.717) is 16.6 Å². The van der Waals surface area contributed by atoms with Gasteiger partial charge in [-0.1, -0.05) is 30.3 Å². The van der Waals surface area contributed by atoms with E-state index in [2.05, 4.69) is 20.0 Å². The van der Waals surface area contributed by atoms with Gasteiger partial charge < -0.3 is 20.3 Å². The molecule has 0 aliphatic carbocycles. The largest absolute Gasteiger partial charge is 0.505 e. The van der Waals surface area contributed by atoms with Crippen LogP contribution in [0.15, 0.2) is 73.1 Å². The first-order valence-corrected chi connectivity index (χ1v) is 9.05. The summed E-state index contributed by atoms with van der Waals surface area (Å²) < 4.78 is 29.3. The van der Waals surface area contributed by atoms with Gasteiger partial charge in [0.15, 0.2) is 11.6 Å². The summed E-state index contributed by atoms with van der Waals surface area (Å²) in [5.74, 6) is 0.112. The van der Waals surface area contributed by atoms with Crippen LogP contribution in [0.1, 0.15) is 17.2 Å². The van der Waals surface area contributed by atoms with Gasteiger partial charge in [-0.05, 0) is 35.9 Å². The normalized spacial score (nSPS) is 12.1. The number of phenolic OH excluding ortho intramolecular Hbond substituents is 1. The number of hydrogen-bond donors (Lipinski definition) is 3. The van der Waals surface area contributed by atoms with E-state index in [-0.39, 0.29) is 23.1 Å². The highest BCUT2D eigenvalue weighted by Gasteiger charge is 2.21. The minimum absolute atomic E-state index is 0.0117. The third kappa shape index (κ3) is 3.93. The zero-order valence-corrected chi connectivity index (χ0v) is 15.5. The van der Waals surface area contributed by atoms with Gasteiger partial charge in [-0.2, -0.15) is 8.78 Å². The predicted molar refractivity (Wildman–Crippen MR) is 108 cm³/mol. The number of aromatic nitrogens is 2. The summed E-state index contributed by atoms with van der Waals surface area (Å²) in [6.07, 6.45) is 3.09. The fraction of sp³-hybridized carbons (Fsp3) is 0.0909. The lowest BCUT2D eigenvalue weighted by molar-refractivity contribution is -0.0498. The molecule has 0 radical (unpaired) electrons. The van der Waals surface area contributed by atoms with E-state index < -0.39 is 12.7 Å². The first-order chi connectivity index (χ1) is 14.5. The van der Waals surface area contributed by atoms with Gasteiger partial charge in [-0.25, -0.2) is 4.98 Å². The summed E-state index contributed by atoms with van der Waals surface area (Å²) in [7, 11) is 0. The number of phenols is 1. The molecule has 2 heterocycles. The van der Waals surface area contributed by atoms with E-state index in [4.69, 9.17) is 0 Å². The Balaban J connectivity index is 1.80. The van der Waals surface area contributed by atoms with Gasteiger partial charge in [-0.15, -0.1) is 0 Å². The molecule has 0 unspecified atom stereocenters. The summed E-state index contributed by atoms with van der Waals surface area (Å²) >= 11 is 0. The molecule has 152 valence electrons. The molecule has 0 saturated heterocycles. The molecular formula is C22H17F2N3O3. The summed E-state index contributed by atoms with van der Waals surface area (Å²) in [5.41, 5.74) is 1.53. The molecule has 1 atom stereocenters. The first kappa shape index (κ1) is 19.4. The van der Waals surface area contributed by atoms with Crippen molar-refractivity contribution in [2.24, 2.45) is 0 Å². The van der Waals surface area contributed by atoms with E-state index in [1.807, 2.05) is 12.1 Å². The van der Waals surface area contributed by atoms with Crippen LogP contribution in [0.25, 0.3) is 10.9 Å². The van der Waals surface area contributed by atoms with Gasteiger partial charge in [0.1, 0.15) is 17.0 Å². The van der Waals surface area contributed by atoms with Gasteiger partial charge >= 0.3 is 6.61 Å². The Morgan fingerprint density at radius 2 is 1.60 bits per heavy atom. The number of pyridine rings is 2. The molecule has 2 aromatic carbocycles. The number of halogens is 2. The summed E-state index contributed by atoms with van der Waals surface area (Å²) in [6, 6.07) is 15.6. The number of hydrogen-bond acceptors (Lipinski definition) is 6. The third-order valence-corrected chi connectivity index (χ3v) is 4.60. The topological polar surface area (TPSA) is 87.5 Å². The van der Waals surface area contributed by atoms with E-state index in [1.54, 1.807) is 36.5 Å². The maximum Gasteiger partial charge on any atom is 0.387 e. The fourth-order valence-corrected chi connectivity index (χ4v) is 3.21. The lowest BCUT2D eigenvalue weighted by Crippen LogP contribution is -2.14. The van der Waals surface area contributed by atoms with Crippen molar-refractivity contribution >= 4 is 16.7 Å². The second-order valence-corrected chi connectivity index (χ2v) is 6.47. The van der Waals surface area contributed by atoms with Crippen LogP contribution in [-0.4, -0.2) is 26.8 Å². The molecule has 0 amide bonds. The van der Waals surface area contributed by atoms with Gasteiger partial charge in [0.2, 0.25) is 0 Å². The molecule has 0 saturated carbocycles. The number of alkyl halides is 2. The third-order valence-electron chi connectivity index (χ3n) is 4.60. The minimum atomic E-state index is -2.93. The smallest absolute Gasteiger partial charge is 0.387 e. The van der Waals surface area contributed by atoms with Crippen molar-refractivity contribution in [2.75, 3.05) is 5.32 Å². The number of ether oxygens (including phenoxy) is 1. The highest BCUT2D eigenvalue weighted by molar-refractivity contribution is 5.86. The maximum absolute atomic E-state index is 12.5. The molecule has 3 N–H and O–H groups in total. The van der Waals surface area contributed by atoms with Crippen LogP contribution < -0.4 is 10.1 Å². The zero-order valence-electron chi connectivity index (χ0n) is 15.5. The van der Waals surface area contributed by atoms with Crippen molar-refractivity contribution in [3.8, 4) is 17.2 Å². The molecule has 8 heteroatoms. The quantitative estimate of drug-likeness (QED) is 0.422. The van der Waals surface area contributed by atoms with Crippen molar-refractivity contribution in [3.63, 3.8) is 0 Å². The van der Waals surface area contributed by atoms with Crippen LogP contribution in [0, 0.1) is 0 Å². The van der Waals surface area contributed by atoms with Crippen LogP contribution in [0.5, 0.6) is 17.2 Å². The molecule has 0 bridgehead atoms. The standard InChI is InChI=1S/C22H17F2N3O3/c23-22(24)30-15-8-5-14(6-9-15)18(27-21-17(28)4-2-12-26-21)16-10-7-13-3-1-11-25-19(13)20(16)29/h1-12,18,22,28-29H,(H,26,27)/t18-/m0/s1. The average molecular weight is 409 g/mol. The van der Waals surface area contributed by atoms with Gasteiger partial charge in [-0.3, -0.25) is 4.98 Å². The Morgan fingerprint density at radius 3 is 2.33 bits per heavy atom. The molecule has 0 spiro atoms. The lowest BCUT2D eigenvalue weighted by Gasteiger charge is -2.22. The molecule has 0 aliphatic heterocycles. The monoisotopic (exact) mass is 409 g/mol. The van der Waals surface area contributed by atoms with Gasteiger partial charge in [0.25, 0.3) is 0 Å². The van der Waals surface area contributed by atoms with E-state index in [0.717, 1.165) is 5.39 Å². The zero-order chi connectivity index (χ0) is 21.1. The maximum atomic E-state index is 12.5. The van der Waals surface area contributed by atoms with Crippen molar-refractivity contribution in [3.05, 3.63) is 84.2 Å². The van der Waals surface area contributed by atoms with Crippen molar-refractivity contribution in [1.29, 1.82) is 0 Å². The number of nitrogens with zero attached hydrogens (tertiary/aromatic N) is 2. The summed E-state index contributed by atoms with van der Waals surface area (Å²) in [4.78, 5) is 8.38. The molecule has 30 heavy (non-hydrogen) atoms. The Bertz CT molecular complexity index is 1170. The Morgan fingerprint density at radius 1 is 0.867 bits per heavy atom. The van der Waals surface area contributed by atoms with Crippen LogP contribution in [0.4, 0.5) is 14.6 Å². The van der Waals surface area contributed by atoms with Crippen LogP contribution in [-0.2, 0) is 0 Å². The SMILES string of the molecule is Oc1cccnc1N[C@@H](c1ccc(OC(F)F)cc1)c1ccc2cccnc2c1O. The Hall–Kier alpha value is -3.94. The number of aromatic hydroxyl groups is 2. The molecule has 0 aliphatic rings. The second kappa shape index (κ2) is 8.20. The van der Waals surface area contributed by atoms with E-state index in [9.17, 15) is 19.0 Å². The Kier molecular flexibility index (Phi) is 5.30. The number of benzene rings is 2. The van der Waals surface area contributed by atoms with Crippen LogP contribution >= 0.6 is 0 Å². The molecule has 6 nitrogen and oxygen atoms in total. The average Bonchev–Trinajstić information content (AvgIpc) is 2.74. The molecular weight excluding hydrogens is 392 g/mol. The van der Waals surface area contributed by atoms with Crippen LogP contribution in [0.2, 0.25) is 0 Å². The fourth-order valence-electron chi connectivity index (χ4n) is 3.21. The Labute approximate surface area is 170 Å². The predicted octanol–water partition coefficient (Wildman–Crippen LogP) is 4.84. The van der Waals surface area contributed by atoms with E-state index >= 15 is 0 Å². The molecule has 4 rings (SSSR count). The van der Waals surface area contributed by atoms with Crippen molar-refractivity contribution < 1.29 is 23.7 Å². The van der Waals surface area contributed by atoms with Crippen LogP contribution in [0.3, 0.4) is 0 Å². The number of fused-ring (bicyclic) bond motifs is 1. The lowest BCUT2D eigenvalue weighted by atomic mass is 9.96. The van der Waals surface area contributed by atoms with Gasteiger partial charge in [0.05, 0.1) is 6.04 Å². The molecule has 0 fully saturated rings. The minimum Gasteiger partial charge on any atom is -0.505 e. The van der Waals surface area contributed by atoms with Gasteiger partial charge in [0, 0.05) is 23.3 Å². The van der Waals surface area contributed by atoms with Crippen molar-refractivity contribution in [1.82, 2.24) is 9.97 Å². The number of rotatable bonds is 6. The molecule has 4 aromatic rings. The first-order valence-electron chi connectivity index (χ1n) is 9.05. The summed E-state index contributed by atoms with van der Waals surface area (Å²) in [5, 5.41) is 24.9. The molecule has 2 aromatic heterocycles. The second-order valence-electron chi connectivity index (χ2n) is 6.47. The summed E-state index contributed by atoms with van der Waals surface area (Å²) in [6.45, 7) is -2.93. The highest BCUT2D eigenvalue weighted by Crippen LogP contribution is 2.37. The highest BCUT2D eigenvalue weighted by atomic mass is 19.3. The number of nitrogens with one attached hydrogen (secondary N) is 1. The number of anilines is 1.